The first-order chi connectivity index (χ1) is 7.65. The van der Waals surface area contributed by atoms with E-state index in [2.05, 4.69) is 41.8 Å². The lowest BCUT2D eigenvalue weighted by atomic mass is 10.2. The van der Waals surface area contributed by atoms with E-state index in [0.29, 0.717) is 0 Å². The fourth-order valence-electron chi connectivity index (χ4n) is 1.66. The van der Waals surface area contributed by atoms with Gasteiger partial charge in [0.25, 0.3) is 0 Å². The van der Waals surface area contributed by atoms with E-state index in [1.54, 1.807) is 0 Å². The minimum atomic E-state index is 0.866. The van der Waals surface area contributed by atoms with Crippen molar-refractivity contribution in [3.63, 3.8) is 0 Å². The van der Waals surface area contributed by atoms with Crippen molar-refractivity contribution < 1.29 is 0 Å². The second kappa shape index (κ2) is 6.28. The molecule has 0 amide bonds. The zero-order valence-corrected chi connectivity index (χ0v) is 10.5. The first-order valence-electron chi connectivity index (χ1n) is 5.64. The molecule has 0 bridgehead atoms. The number of hydrogen-bond acceptors (Lipinski definition) is 3. The molecule has 0 radical (unpaired) electrons. The van der Waals surface area contributed by atoms with Crippen molar-refractivity contribution in [3.05, 3.63) is 36.2 Å². The summed E-state index contributed by atoms with van der Waals surface area (Å²) in [4.78, 5) is 6.37. The Balaban J connectivity index is 2.80. The highest BCUT2D eigenvalue weighted by molar-refractivity contribution is 5.51. The van der Waals surface area contributed by atoms with Gasteiger partial charge in [-0.1, -0.05) is 19.1 Å². The van der Waals surface area contributed by atoms with Crippen molar-refractivity contribution in [1.29, 1.82) is 0 Å². The van der Waals surface area contributed by atoms with Crippen molar-refractivity contribution in [2.75, 3.05) is 25.0 Å². The quantitative estimate of drug-likeness (QED) is 0.743. The summed E-state index contributed by atoms with van der Waals surface area (Å²) in [5.74, 6) is 0. The number of aromatic nitrogens is 1. The third-order valence-corrected chi connectivity index (χ3v) is 2.37. The lowest BCUT2D eigenvalue weighted by molar-refractivity contribution is 0.723. The van der Waals surface area contributed by atoms with Gasteiger partial charge in [0.15, 0.2) is 0 Å². The van der Waals surface area contributed by atoms with Crippen LogP contribution in [0.5, 0.6) is 0 Å². The number of nitrogens with one attached hydrogen (secondary N) is 1. The molecule has 0 aliphatic rings. The van der Waals surface area contributed by atoms with Crippen molar-refractivity contribution in [1.82, 2.24) is 10.3 Å². The summed E-state index contributed by atoms with van der Waals surface area (Å²) < 4.78 is 0. The van der Waals surface area contributed by atoms with Crippen molar-refractivity contribution in [2.45, 2.75) is 20.4 Å². The molecule has 0 spiro atoms. The maximum absolute atomic E-state index is 4.18. The number of pyridine rings is 1. The summed E-state index contributed by atoms with van der Waals surface area (Å²) in [7, 11) is 2.07. The van der Waals surface area contributed by atoms with Crippen LogP contribution in [0, 0.1) is 0 Å². The second-order valence-corrected chi connectivity index (χ2v) is 4.10. The molecule has 0 fully saturated rings. The molecule has 0 aromatic carbocycles. The molecule has 3 nitrogen and oxygen atoms in total. The van der Waals surface area contributed by atoms with Crippen LogP contribution in [-0.2, 0) is 6.54 Å². The molecule has 1 rings (SSSR count). The van der Waals surface area contributed by atoms with E-state index >= 15 is 0 Å². The predicted molar refractivity (Wildman–Crippen MR) is 69.7 cm³/mol. The number of likely N-dealkylation sites (N-methyl/N-ethyl adjacent to an activating group) is 1. The van der Waals surface area contributed by atoms with Crippen LogP contribution in [0.15, 0.2) is 30.6 Å². The maximum Gasteiger partial charge on any atom is 0.0598 e. The van der Waals surface area contributed by atoms with Crippen LogP contribution in [0.25, 0.3) is 0 Å². The molecule has 0 atom stereocenters. The van der Waals surface area contributed by atoms with Crippen molar-refractivity contribution in [3.8, 4) is 0 Å². The largest absolute Gasteiger partial charge is 0.369 e. The van der Waals surface area contributed by atoms with Crippen LogP contribution < -0.4 is 10.2 Å². The lowest BCUT2D eigenvalue weighted by Gasteiger charge is -2.22. The molecule has 0 aliphatic heterocycles. The highest BCUT2D eigenvalue weighted by atomic mass is 15.1. The summed E-state index contributed by atoms with van der Waals surface area (Å²) >= 11 is 0. The lowest BCUT2D eigenvalue weighted by Crippen LogP contribution is -2.22. The summed E-state index contributed by atoms with van der Waals surface area (Å²) in [6.45, 7) is 10.8. The summed E-state index contributed by atoms with van der Waals surface area (Å²) in [6, 6.07) is 2.06. The van der Waals surface area contributed by atoms with E-state index in [9.17, 15) is 0 Å². The highest BCUT2D eigenvalue weighted by Gasteiger charge is 2.06. The zero-order chi connectivity index (χ0) is 12.0. The van der Waals surface area contributed by atoms with Gasteiger partial charge in [-0.15, -0.1) is 0 Å². The van der Waals surface area contributed by atoms with Crippen LogP contribution in [0.2, 0.25) is 0 Å². The zero-order valence-electron chi connectivity index (χ0n) is 10.5. The average Bonchev–Trinajstić information content (AvgIpc) is 2.25. The highest BCUT2D eigenvalue weighted by Crippen LogP contribution is 2.18. The molecule has 16 heavy (non-hydrogen) atoms. The van der Waals surface area contributed by atoms with E-state index < -0.39 is 0 Å². The van der Waals surface area contributed by atoms with Crippen molar-refractivity contribution >= 4 is 5.69 Å². The third kappa shape index (κ3) is 3.66. The number of hydrogen-bond donors (Lipinski definition) is 1. The van der Waals surface area contributed by atoms with Crippen LogP contribution in [-0.4, -0.2) is 25.1 Å². The van der Waals surface area contributed by atoms with E-state index in [1.807, 2.05) is 19.3 Å². The Morgan fingerprint density at radius 3 is 2.94 bits per heavy atom. The van der Waals surface area contributed by atoms with E-state index in [-0.39, 0.29) is 0 Å². The summed E-state index contributed by atoms with van der Waals surface area (Å²) in [5, 5.41) is 3.34. The molecule has 0 unspecified atom stereocenters. The Morgan fingerprint density at radius 1 is 1.56 bits per heavy atom. The Kier molecular flexibility index (Phi) is 4.99. The van der Waals surface area contributed by atoms with Gasteiger partial charge in [0.05, 0.1) is 11.9 Å². The normalized spacial score (nSPS) is 10.2. The third-order valence-electron chi connectivity index (χ3n) is 2.37. The molecular weight excluding hydrogens is 198 g/mol. The predicted octanol–water partition coefficient (Wildman–Crippen LogP) is 2.20. The number of nitrogens with zero attached hydrogens (tertiary/aromatic N) is 2. The molecule has 0 aliphatic carbocycles. The van der Waals surface area contributed by atoms with Gasteiger partial charge >= 0.3 is 0 Å². The van der Waals surface area contributed by atoms with Gasteiger partial charge in [-0.2, -0.15) is 0 Å². The van der Waals surface area contributed by atoms with Crippen LogP contribution in [0.1, 0.15) is 19.4 Å². The van der Waals surface area contributed by atoms with E-state index in [0.717, 1.165) is 25.2 Å². The Labute approximate surface area is 98.2 Å². The number of anilines is 1. The van der Waals surface area contributed by atoms with Gasteiger partial charge in [-0.05, 0) is 25.1 Å². The molecule has 1 aromatic rings. The van der Waals surface area contributed by atoms with Gasteiger partial charge in [-0.25, -0.2) is 0 Å². The minimum Gasteiger partial charge on any atom is -0.369 e. The molecule has 1 heterocycles. The fraction of sp³-hybridized carbons (Fsp3) is 0.462. The van der Waals surface area contributed by atoms with Crippen LogP contribution in [0.4, 0.5) is 5.69 Å². The average molecular weight is 219 g/mol. The fourth-order valence-corrected chi connectivity index (χ4v) is 1.66. The smallest absolute Gasteiger partial charge is 0.0598 e. The SMILES string of the molecule is C=C(C)CN(C)c1cnccc1CNCC. The molecular formula is C13H21N3. The summed E-state index contributed by atoms with van der Waals surface area (Å²) in [6.07, 6.45) is 3.75. The van der Waals surface area contributed by atoms with Crippen LogP contribution in [0.3, 0.4) is 0 Å². The summed E-state index contributed by atoms with van der Waals surface area (Å²) in [5.41, 5.74) is 3.60. The van der Waals surface area contributed by atoms with Crippen LogP contribution >= 0.6 is 0 Å². The van der Waals surface area contributed by atoms with Gasteiger partial charge in [-0.3, -0.25) is 4.98 Å². The molecule has 1 N–H and O–H groups in total. The first kappa shape index (κ1) is 12.7. The Hall–Kier alpha value is -1.35. The van der Waals surface area contributed by atoms with E-state index in [4.69, 9.17) is 0 Å². The van der Waals surface area contributed by atoms with Gasteiger partial charge in [0.2, 0.25) is 0 Å². The van der Waals surface area contributed by atoms with E-state index in [1.165, 1.54) is 11.3 Å². The minimum absolute atomic E-state index is 0.866. The molecule has 0 saturated heterocycles. The van der Waals surface area contributed by atoms with Gasteiger partial charge < -0.3 is 10.2 Å². The first-order valence-corrected chi connectivity index (χ1v) is 5.64. The molecule has 3 heteroatoms. The topological polar surface area (TPSA) is 28.2 Å². The Morgan fingerprint density at radius 2 is 2.31 bits per heavy atom. The number of rotatable bonds is 6. The van der Waals surface area contributed by atoms with Gasteiger partial charge in [0.1, 0.15) is 0 Å². The molecule has 1 aromatic heterocycles. The molecule has 0 saturated carbocycles. The second-order valence-electron chi connectivity index (χ2n) is 4.10. The maximum atomic E-state index is 4.18. The standard InChI is InChI=1S/C13H21N3/c1-5-14-8-12-6-7-15-9-13(12)16(4)10-11(2)3/h6-7,9,14H,2,5,8,10H2,1,3-4H3. The van der Waals surface area contributed by atoms with Gasteiger partial charge in [0, 0.05) is 26.3 Å². The Bertz CT molecular complexity index is 347. The molecule has 88 valence electrons. The monoisotopic (exact) mass is 219 g/mol. The van der Waals surface area contributed by atoms with Crippen molar-refractivity contribution in [2.24, 2.45) is 0 Å².